The Balaban J connectivity index is 2.12. The van der Waals surface area contributed by atoms with Gasteiger partial charge in [-0.15, -0.1) is 0 Å². The molecule has 3 aromatic rings. The zero-order valence-corrected chi connectivity index (χ0v) is 15.9. The lowest BCUT2D eigenvalue weighted by molar-refractivity contribution is 0.522. The van der Waals surface area contributed by atoms with Crippen molar-refractivity contribution in [2.24, 2.45) is 0 Å². The number of aryl methyl sites for hydroxylation is 1. The van der Waals surface area contributed by atoms with Crippen molar-refractivity contribution in [2.45, 2.75) is 39.0 Å². The summed E-state index contributed by atoms with van der Waals surface area (Å²) in [6.07, 6.45) is 2.22. The van der Waals surface area contributed by atoms with Crippen LogP contribution in [0.5, 0.6) is 0 Å². The van der Waals surface area contributed by atoms with Crippen molar-refractivity contribution in [3.8, 4) is 0 Å². The monoisotopic (exact) mass is 338 g/mol. The molecule has 0 atom stereocenters. The van der Waals surface area contributed by atoms with Crippen molar-refractivity contribution in [1.82, 2.24) is 0 Å². The first kappa shape index (κ1) is 16.8. The summed E-state index contributed by atoms with van der Waals surface area (Å²) in [5.74, 6) is 0. The van der Waals surface area contributed by atoms with Crippen LogP contribution in [0.25, 0.3) is 11.1 Å². The molecule has 0 amide bonds. The van der Waals surface area contributed by atoms with E-state index in [1.807, 2.05) is 0 Å². The maximum Gasteiger partial charge on any atom is 0.0216 e. The van der Waals surface area contributed by atoms with Gasteiger partial charge in [0.1, 0.15) is 0 Å². The molecule has 0 bridgehead atoms. The predicted octanol–water partition coefficient (Wildman–Crippen LogP) is 7.03. The van der Waals surface area contributed by atoms with Gasteiger partial charge in [0.05, 0.1) is 0 Å². The molecule has 0 heterocycles. The lowest BCUT2D eigenvalue weighted by Crippen LogP contribution is -2.24. The molecule has 3 aromatic carbocycles. The maximum atomic E-state index is 2.34. The Hall–Kier alpha value is -2.60. The van der Waals surface area contributed by atoms with Crippen LogP contribution in [0.3, 0.4) is 0 Å². The Bertz CT molecular complexity index is 956. The highest BCUT2D eigenvalue weighted by Gasteiger charge is 2.43. The fourth-order valence-electron chi connectivity index (χ4n) is 4.74. The zero-order valence-electron chi connectivity index (χ0n) is 15.9. The summed E-state index contributed by atoms with van der Waals surface area (Å²) < 4.78 is 0. The van der Waals surface area contributed by atoms with Crippen LogP contribution in [-0.4, -0.2) is 0 Å². The minimum atomic E-state index is 0.0804. The highest BCUT2D eigenvalue weighted by Crippen LogP contribution is 2.56. The highest BCUT2D eigenvalue weighted by atomic mass is 14.5. The van der Waals surface area contributed by atoms with Crippen LogP contribution in [0.4, 0.5) is 0 Å². The summed E-state index contributed by atoms with van der Waals surface area (Å²) in [6, 6.07) is 29.0. The van der Waals surface area contributed by atoms with Crippen LogP contribution >= 0.6 is 0 Å². The van der Waals surface area contributed by atoms with Gasteiger partial charge in [0.2, 0.25) is 0 Å². The van der Waals surface area contributed by atoms with Crippen molar-refractivity contribution in [2.75, 3.05) is 0 Å². The molecule has 0 aliphatic heterocycles. The first-order valence-electron chi connectivity index (χ1n) is 9.68. The molecule has 1 aliphatic carbocycles. The fourth-order valence-corrected chi connectivity index (χ4v) is 4.74. The fraction of sp³-hybridized carbons (Fsp3) is 0.231. The first-order valence-corrected chi connectivity index (χ1v) is 9.68. The van der Waals surface area contributed by atoms with E-state index in [-0.39, 0.29) is 5.41 Å². The van der Waals surface area contributed by atoms with Gasteiger partial charge < -0.3 is 0 Å². The number of allylic oxidation sites excluding steroid dienone is 1. The normalized spacial score (nSPS) is 15.2. The highest BCUT2D eigenvalue weighted by molar-refractivity contribution is 6.07. The van der Waals surface area contributed by atoms with Gasteiger partial charge in [-0.05, 0) is 53.2 Å². The van der Waals surface area contributed by atoms with Crippen molar-refractivity contribution in [1.29, 1.82) is 0 Å². The average Bonchev–Trinajstić information content (AvgIpc) is 2.99. The second-order valence-corrected chi connectivity index (χ2v) is 7.32. The molecule has 0 radical (unpaired) electrons. The van der Waals surface area contributed by atoms with Crippen molar-refractivity contribution in [3.05, 3.63) is 107 Å². The van der Waals surface area contributed by atoms with E-state index >= 15 is 0 Å². The molecule has 0 heteroatoms. The Kier molecular flexibility index (Phi) is 4.28. The van der Waals surface area contributed by atoms with Crippen LogP contribution in [0.1, 0.15) is 54.5 Å². The first-order chi connectivity index (χ1) is 12.7. The summed E-state index contributed by atoms with van der Waals surface area (Å²) in [5, 5.41) is 0. The van der Waals surface area contributed by atoms with Crippen LogP contribution in [-0.2, 0) is 5.41 Å². The van der Waals surface area contributed by atoms with E-state index in [0.29, 0.717) is 0 Å². The summed E-state index contributed by atoms with van der Waals surface area (Å²) in [6.45, 7) is 6.85. The van der Waals surface area contributed by atoms with Crippen molar-refractivity contribution >= 4 is 11.1 Å². The van der Waals surface area contributed by atoms with Crippen LogP contribution in [0.15, 0.2) is 78.9 Å². The lowest BCUT2D eigenvalue weighted by atomic mass is 9.70. The van der Waals surface area contributed by atoms with E-state index in [0.717, 1.165) is 12.8 Å². The van der Waals surface area contributed by atoms with E-state index in [1.54, 1.807) is 0 Å². The molecular weight excluding hydrogens is 312 g/mol. The summed E-state index contributed by atoms with van der Waals surface area (Å²) >= 11 is 0. The van der Waals surface area contributed by atoms with Crippen LogP contribution in [0.2, 0.25) is 0 Å². The van der Waals surface area contributed by atoms with E-state index in [4.69, 9.17) is 0 Å². The van der Waals surface area contributed by atoms with Gasteiger partial charge in [-0.3, -0.25) is 0 Å². The number of benzene rings is 3. The largest absolute Gasteiger partial charge is 0.0642 e. The molecule has 26 heavy (non-hydrogen) atoms. The minimum Gasteiger partial charge on any atom is -0.0642 e. The maximum absolute atomic E-state index is 2.34. The van der Waals surface area contributed by atoms with Gasteiger partial charge in [-0.2, -0.15) is 0 Å². The van der Waals surface area contributed by atoms with Gasteiger partial charge in [0, 0.05) is 5.41 Å². The molecule has 0 saturated carbocycles. The molecule has 130 valence electrons. The van der Waals surface area contributed by atoms with Gasteiger partial charge >= 0.3 is 0 Å². The average molecular weight is 338 g/mol. The predicted molar refractivity (Wildman–Crippen MR) is 112 cm³/mol. The van der Waals surface area contributed by atoms with Crippen LogP contribution < -0.4 is 0 Å². The van der Waals surface area contributed by atoms with Crippen molar-refractivity contribution < 1.29 is 0 Å². The Morgan fingerprint density at radius 3 is 2.04 bits per heavy atom. The molecule has 1 aliphatic rings. The lowest BCUT2D eigenvalue weighted by Gasteiger charge is -2.32. The molecule has 0 unspecified atom stereocenters. The summed E-state index contributed by atoms with van der Waals surface area (Å²) in [7, 11) is 0. The van der Waals surface area contributed by atoms with Gasteiger partial charge in [0.15, 0.2) is 0 Å². The topological polar surface area (TPSA) is 0 Å². The Labute approximate surface area is 157 Å². The molecular formula is C26H26. The van der Waals surface area contributed by atoms with E-state index < -0.39 is 0 Å². The molecule has 0 saturated heterocycles. The van der Waals surface area contributed by atoms with Gasteiger partial charge in [-0.1, -0.05) is 98.3 Å². The minimum absolute atomic E-state index is 0.0804. The third-order valence-electron chi connectivity index (χ3n) is 6.02. The van der Waals surface area contributed by atoms with Gasteiger partial charge in [-0.25, -0.2) is 0 Å². The third-order valence-corrected chi connectivity index (χ3v) is 6.02. The molecule has 0 N–H and O–H groups in total. The molecule has 0 spiro atoms. The second kappa shape index (κ2) is 6.61. The van der Waals surface area contributed by atoms with Gasteiger partial charge in [0.25, 0.3) is 0 Å². The standard InChI is InChI=1S/C26H26/c1-4-26(5-2)23-17-10-9-16-22(23)24(21-15-11-12-19(3)18-21)25(26)20-13-7-6-8-14-20/h6-18H,4-5H2,1-3H3. The van der Waals surface area contributed by atoms with Crippen molar-refractivity contribution in [3.63, 3.8) is 0 Å². The Morgan fingerprint density at radius 1 is 0.692 bits per heavy atom. The second-order valence-electron chi connectivity index (χ2n) is 7.32. The SMILES string of the molecule is CCC1(CC)C(c2ccccc2)=C(c2cccc(C)c2)c2ccccc21. The van der Waals surface area contributed by atoms with E-state index in [2.05, 4.69) is 99.6 Å². The zero-order chi connectivity index (χ0) is 18.1. The number of hydrogen-bond acceptors (Lipinski definition) is 0. The Morgan fingerprint density at radius 2 is 1.35 bits per heavy atom. The number of rotatable bonds is 4. The molecule has 0 aromatic heterocycles. The van der Waals surface area contributed by atoms with E-state index in [9.17, 15) is 0 Å². The molecule has 0 fully saturated rings. The molecule has 4 rings (SSSR count). The van der Waals surface area contributed by atoms with Crippen LogP contribution in [0, 0.1) is 6.92 Å². The van der Waals surface area contributed by atoms with E-state index in [1.165, 1.54) is 39.0 Å². The smallest absolute Gasteiger partial charge is 0.0216 e. The number of hydrogen-bond donors (Lipinski definition) is 0. The third kappa shape index (κ3) is 2.44. The quantitative estimate of drug-likeness (QED) is 0.479. The molecule has 0 nitrogen and oxygen atoms in total. The number of fused-ring (bicyclic) bond motifs is 1. The summed E-state index contributed by atoms with van der Waals surface area (Å²) in [4.78, 5) is 0. The summed E-state index contributed by atoms with van der Waals surface area (Å²) in [5.41, 5.74) is 9.88.